The summed E-state index contributed by atoms with van der Waals surface area (Å²) in [4.78, 5) is 19.9. The van der Waals surface area contributed by atoms with Gasteiger partial charge in [0.2, 0.25) is 0 Å². The van der Waals surface area contributed by atoms with Gasteiger partial charge in [0.25, 0.3) is 5.69 Å². The number of rotatable bonds is 5. The Labute approximate surface area is 137 Å². The van der Waals surface area contributed by atoms with Crippen LogP contribution in [0.4, 0.5) is 11.5 Å². The molecule has 2 heterocycles. The molecule has 1 N–H and O–H groups in total. The summed E-state index contributed by atoms with van der Waals surface area (Å²) in [5.41, 5.74) is 2.06. The summed E-state index contributed by atoms with van der Waals surface area (Å²) in [5.74, 6) is 0.602. The van der Waals surface area contributed by atoms with E-state index in [4.69, 9.17) is 0 Å². The summed E-state index contributed by atoms with van der Waals surface area (Å²) in [6, 6.07) is 13.1. The molecule has 0 saturated heterocycles. The van der Waals surface area contributed by atoms with Crippen LogP contribution in [0.5, 0.6) is 0 Å². The van der Waals surface area contributed by atoms with Crippen molar-refractivity contribution in [2.24, 2.45) is 0 Å². The van der Waals surface area contributed by atoms with Crippen LogP contribution in [0.15, 0.2) is 48.7 Å². The number of nitrogens with zero attached hydrogens (tertiary/aromatic N) is 3. The van der Waals surface area contributed by atoms with E-state index in [9.17, 15) is 10.1 Å². The third kappa shape index (κ3) is 3.51. The third-order valence-electron chi connectivity index (χ3n) is 3.30. The monoisotopic (exact) mass is 326 g/mol. The minimum Gasteiger partial charge on any atom is -0.365 e. The molecule has 0 saturated carbocycles. The van der Waals surface area contributed by atoms with Crippen molar-refractivity contribution in [1.82, 2.24) is 9.97 Å². The first kappa shape index (κ1) is 15.1. The van der Waals surface area contributed by atoms with E-state index in [1.54, 1.807) is 17.4 Å². The number of thiazole rings is 1. The number of aromatic nitrogens is 2. The van der Waals surface area contributed by atoms with Crippen LogP contribution in [0.1, 0.15) is 10.6 Å². The number of pyridine rings is 1. The van der Waals surface area contributed by atoms with Crippen LogP contribution < -0.4 is 5.32 Å². The smallest absolute Gasteiger partial charge is 0.287 e. The second-order valence-corrected chi connectivity index (χ2v) is 5.99. The van der Waals surface area contributed by atoms with Gasteiger partial charge in [-0.1, -0.05) is 30.3 Å². The molecule has 0 unspecified atom stereocenters. The molecule has 7 heteroatoms. The lowest BCUT2D eigenvalue weighted by Gasteiger charge is -2.03. The maximum absolute atomic E-state index is 10.6. The van der Waals surface area contributed by atoms with Gasteiger partial charge >= 0.3 is 0 Å². The van der Waals surface area contributed by atoms with Crippen LogP contribution in [-0.2, 0) is 6.54 Å². The number of benzene rings is 1. The Balaban J connectivity index is 1.71. The second kappa shape index (κ2) is 6.53. The molecule has 0 aliphatic carbocycles. The number of hydrogen-bond donors (Lipinski definition) is 1. The van der Waals surface area contributed by atoms with Crippen LogP contribution in [0.2, 0.25) is 0 Å². The molecule has 0 fully saturated rings. The number of nitrogens with one attached hydrogen (secondary N) is 1. The van der Waals surface area contributed by atoms with Gasteiger partial charge in [-0.15, -0.1) is 11.3 Å². The summed E-state index contributed by atoms with van der Waals surface area (Å²) >= 11 is 1.63. The van der Waals surface area contributed by atoms with Gasteiger partial charge in [0.15, 0.2) is 0 Å². The van der Waals surface area contributed by atoms with Crippen LogP contribution in [-0.4, -0.2) is 14.9 Å². The molecule has 0 bridgehead atoms. The van der Waals surface area contributed by atoms with Gasteiger partial charge in [-0.25, -0.2) is 9.97 Å². The molecular weight excluding hydrogens is 312 g/mol. The second-order valence-electron chi connectivity index (χ2n) is 4.91. The summed E-state index contributed by atoms with van der Waals surface area (Å²) in [7, 11) is 0. The topological polar surface area (TPSA) is 81.0 Å². The van der Waals surface area contributed by atoms with Crippen molar-refractivity contribution in [3.05, 3.63) is 69.3 Å². The van der Waals surface area contributed by atoms with Gasteiger partial charge in [-0.3, -0.25) is 10.1 Å². The maximum Gasteiger partial charge on any atom is 0.287 e. The minimum absolute atomic E-state index is 0.0177. The zero-order valence-corrected chi connectivity index (χ0v) is 13.2. The fourth-order valence-electron chi connectivity index (χ4n) is 2.07. The molecule has 0 amide bonds. The highest BCUT2D eigenvalue weighted by molar-refractivity contribution is 7.15. The molecule has 6 nitrogen and oxygen atoms in total. The Bertz CT molecular complexity index is 816. The Morgan fingerprint density at radius 1 is 1.22 bits per heavy atom. The largest absolute Gasteiger partial charge is 0.365 e. The van der Waals surface area contributed by atoms with E-state index in [-0.39, 0.29) is 5.69 Å². The maximum atomic E-state index is 10.6. The van der Waals surface area contributed by atoms with Crippen molar-refractivity contribution in [2.75, 3.05) is 5.32 Å². The average Bonchev–Trinajstić information content (AvgIpc) is 2.95. The molecule has 0 spiro atoms. The lowest BCUT2D eigenvalue weighted by Crippen LogP contribution is -2.01. The first-order valence-corrected chi connectivity index (χ1v) is 7.81. The highest BCUT2D eigenvalue weighted by Crippen LogP contribution is 2.28. The van der Waals surface area contributed by atoms with Crippen molar-refractivity contribution in [1.29, 1.82) is 0 Å². The standard InChI is InChI=1S/C16H14N4O2S/c1-11-14(23-16(19-11)12-5-3-2-4-6-12)10-18-15-8-7-13(9-17-15)20(21)22/h2-9H,10H2,1H3,(H,17,18). The van der Waals surface area contributed by atoms with E-state index >= 15 is 0 Å². The van der Waals surface area contributed by atoms with E-state index < -0.39 is 4.92 Å². The Kier molecular flexibility index (Phi) is 4.29. The first-order valence-electron chi connectivity index (χ1n) is 6.99. The van der Waals surface area contributed by atoms with Crippen LogP contribution in [0.25, 0.3) is 10.6 Å². The van der Waals surface area contributed by atoms with Gasteiger partial charge in [0.1, 0.15) is 17.0 Å². The van der Waals surface area contributed by atoms with Crippen molar-refractivity contribution in [3.8, 4) is 10.6 Å². The zero-order valence-electron chi connectivity index (χ0n) is 12.4. The molecule has 0 aliphatic heterocycles. The van der Waals surface area contributed by atoms with Gasteiger partial charge < -0.3 is 5.32 Å². The van der Waals surface area contributed by atoms with E-state index in [0.717, 1.165) is 21.1 Å². The van der Waals surface area contributed by atoms with Crippen molar-refractivity contribution in [2.45, 2.75) is 13.5 Å². The SMILES string of the molecule is Cc1nc(-c2ccccc2)sc1CNc1ccc([N+](=O)[O-])cn1. The predicted octanol–water partition coefficient (Wildman–Crippen LogP) is 4.03. The Morgan fingerprint density at radius 2 is 2.00 bits per heavy atom. The molecular formula is C16H14N4O2S. The highest BCUT2D eigenvalue weighted by Gasteiger charge is 2.10. The molecule has 23 heavy (non-hydrogen) atoms. The summed E-state index contributed by atoms with van der Waals surface area (Å²) in [6.07, 6.45) is 1.25. The molecule has 1 aromatic carbocycles. The fourth-order valence-corrected chi connectivity index (χ4v) is 3.07. The van der Waals surface area contributed by atoms with E-state index in [0.29, 0.717) is 12.4 Å². The van der Waals surface area contributed by atoms with Crippen LogP contribution in [0, 0.1) is 17.0 Å². The minimum atomic E-state index is -0.462. The van der Waals surface area contributed by atoms with Gasteiger partial charge in [0.05, 0.1) is 17.2 Å². The van der Waals surface area contributed by atoms with E-state index in [1.807, 2.05) is 37.3 Å². The number of hydrogen-bond acceptors (Lipinski definition) is 6. The molecule has 116 valence electrons. The lowest BCUT2D eigenvalue weighted by molar-refractivity contribution is -0.385. The normalized spacial score (nSPS) is 10.5. The quantitative estimate of drug-likeness (QED) is 0.565. The molecule has 0 atom stereocenters. The first-order chi connectivity index (χ1) is 11.1. The zero-order chi connectivity index (χ0) is 16.2. The highest BCUT2D eigenvalue weighted by atomic mass is 32.1. The van der Waals surface area contributed by atoms with Crippen LogP contribution >= 0.6 is 11.3 Å². The van der Waals surface area contributed by atoms with Gasteiger partial charge in [-0.05, 0) is 13.0 Å². The summed E-state index contributed by atoms with van der Waals surface area (Å²) in [6.45, 7) is 2.56. The Morgan fingerprint density at radius 3 is 2.65 bits per heavy atom. The third-order valence-corrected chi connectivity index (χ3v) is 4.51. The number of nitro groups is 1. The molecule has 3 aromatic rings. The van der Waals surface area contributed by atoms with Gasteiger partial charge in [0, 0.05) is 16.5 Å². The average molecular weight is 326 g/mol. The molecule has 0 radical (unpaired) electrons. The number of anilines is 1. The fraction of sp³-hybridized carbons (Fsp3) is 0.125. The van der Waals surface area contributed by atoms with Crippen molar-refractivity contribution < 1.29 is 4.92 Å². The molecule has 3 rings (SSSR count). The van der Waals surface area contributed by atoms with Gasteiger partial charge in [-0.2, -0.15) is 0 Å². The Hall–Kier alpha value is -2.80. The van der Waals surface area contributed by atoms with Crippen molar-refractivity contribution in [3.63, 3.8) is 0 Å². The lowest BCUT2D eigenvalue weighted by atomic mass is 10.2. The summed E-state index contributed by atoms with van der Waals surface area (Å²) in [5, 5.41) is 14.8. The number of aryl methyl sites for hydroxylation is 1. The van der Waals surface area contributed by atoms with Crippen LogP contribution in [0.3, 0.4) is 0 Å². The molecule has 2 aromatic heterocycles. The van der Waals surface area contributed by atoms with E-state index in [1.165, 1.54) is 12.3 Å². The molecule has 0 aliphatic rings. The summed E-state index contributed by atoms with van der Waals surface area (Å²) < 4.78 is 0. The van der Waals surface area contributed by atoms with Crippen molar-refractivity contribution >= 4 is 22.8 Å². The van der Waals surface area contributed by atoms with E-state index in [2.05, 4.69) is 15.3 Å². The predicted molar refractivity (Wildman–Crippen MR) is 90.5 cm³/mol.